The van der Waals surface area contributed by atoms with Crippen molar-refractivity contribution in [1.29, 1.82) is 0 Å². The van der Waals surface area contributed by atoms with Crippen LogP contribution in [0.1, 0.15) is 13.8 Å². The fourth-order valence-electron chi connectivity index (χ4n) is 1.04. The summed E-state index contributed by atoms with van der Waals surface area (Å²) in [6, 6.07) is 3.14. The van der Waals surface area contributed by atoms with Crippen LogP contribution in [0.2, 0.25) is 0 Å². The van der Waals surface area contributed by atoms with E-state index < -0.39 is 11.6 Å². The second-order valence-electron chi connectivity index (χ2n) is 2.59. The van der Waals surface area contributed by atoms with Gasteiger partial charge in [0.15, 0.2) is 0 Å². The minimum absolute atomic E-state index is 0.292. The largest absolute Gasteiger partial charge is 0.220 e. The fraction of sp³-hybridized carbons (Fsp3) is 0.200. The van der Waals surface area contributed by atoms with Crippen LogP contribution in [-0.4, -0.2) is 14.8 Å². The van der Waals surface area contributed by atoms with Crippen LogP contribution < -0.4 is 0 Å². The summed E-state index contributed by atoms with van der Waals surface area (Å²) < 4.78 is 27.3. The molecule has 0 fully saturated rings. The van der Waals surface area contributed by atoms with Crippen LogP contribution in [0.4, 0.5) is 8.78 Å². The summed E-state index contributed by atoms with van der Waals surface area (Å²) in [5.74, 6) is -1.29. The third kappa shape index (κ3) is 3.10. The van der Waals surface area contributed by atoms with Crippen molar-refractivity contribution in [1.82, 2.24) is 14.8 Å². The van der Waals surface area contributed by atoms with E-state index in [1.54, 1.807) is 0 Å². The zero-order valence-electron chi connectivity index (χ0n) is 8.78. The Morgan fingerprint density at radius 2 is 1.69 bits per heavy atom. The van der Waals surface area contributed by atoms with E-state index in [1.165, 1.54) is 23.1 Å². The standard InChI is InChI=1S/C8H4BrF2N3.C2H6/c9-8-12-4-14(13-8)7-2-5(10)1-6(11)3-7;1-2/h1-4H;1-2H3. The zero-order chi connectivity index (χ0) is 12.1. The highest BCUT2D eigenvalue weighted by Crippen LogP contribution is 2.12. The first-order valence-electron chi connectivity index (χ1n) is 4.69. The Labute approximate surface area is 100 Å². The number of hydrogen-bond donors (Lipinski definition) is 0. The van der Waals surface area contributed by atoms with Gasteiger partial charge >= 0.3 is 0 Å². The molecule has 1 heterocycles. The van der Waals surface area contributed by atoms with Gasteiger partial charge < -0.3 is 0 Å². The molecule has 1 aromatic carbocycles. The molecule has 0 aliphatic heterocycles. The fourth-order valence-corrected chi connectivity index (χ4v) is 1.30. The molecule has 0 saturated heterocycles. The van der Waals surface area contributed by atoms with Crippen molar-refractivity contribution in [2.24, 2.45) is 0 Å². The Bertz CT molecular complexity index is 451. The predicted octanol–water partition coefficient (Wildman–Crippen LogP) is 3.33. The van der Waals surface area contributed by atoms with Crippen molar-refractivity contribution < 1.29 is 8.78 Å². The van der Waals surface area contributed by atoms with E-state index in [9.17, 15) is 8.78 Å². The molecular formula is C10H10BrF2N3. The van der Waals surface area contributed by atoms with Crippen molar-refractivity contribution in [2.45, 2.75) is 13.8 Å². The van der Waals surface area contributed by atoms with Gasteiger partial charge in [-0.25, -0.2) is 18.4 Å². The van der Waals surface area contributed by atoms with Gasteiger partial charge in [-0.05, 0) is 28.1 Å². The highest BCUT2D eigenvalue weighted by molar-refractivity contribution is 9.10. The average molecular weight is 290 g/mol. The molecule has 0 aliphatic carbocycles. The molecule has 2 rings (SSSR count). The van der Waals surface area contributed by atoms with Crippen LogP contribution in [0.15, 0.2) is 29.3 Å². The first kappa shape index (κ1) is 12.8. The molecule has 0 bridgehead atoms. The highest BCUT2D eigenvalue weighted by Gasteiger charge is 2.04. The monoisotopic (exact) mass is 289 g/mol. The summed E-state index contributed by atoms with van der Waals surface area (Å²) in [4.78, 5) is 3.78. The van der Waals surface area contributed by atoms with Crippen LogP contribution in [-0.2, 0) is 0 Å². The van der Waals surface area contributed by atoms with Gasteiger partial charge in [0.25, 0.3) is 0 Å². The van der Waals surface area contributed by atoms with Gasteiger partial charge in [0.05, 0.1) is 5.69 Å². The lowest BCUT2D eigenvalue weighted by molar-refractivity contribution is 0.580. The van der Waals surface area contributed by atoms with Crippen molar-refractivity contribution in [3.63, 3.8) is 0 Å². The first-order chi connectivity index (χ1) is 7.65. The molecule has 0 aliphatic rings. The Morgan fingerprint density at radius 1 is 1.12 bits per heavy atom. The van der Waals surface area contributed by atoms with Gasteiger partial charge in [-0.2, -0.15) is 0 Å². The molecule has 0 amide bonds. The molecule has 0 radical (unpaired) electrons. The maximum Gasteiger partial charge on any atom is 0.217 e. The summed E-state index contributed by atoms with van der Waals surface area (Å²) in [6.07, 6.45) is 1.36. The number of halogens is 3. The van der Waals surface area contributed by atoms with Crippen LogP contribution in [0.3, 0.4) is 0 Å². The minimum Gasteiger partial charge on any atom is -0.220 e. The number of nitrogens with zero attached hydrogens (tertiary/aromatic N) is 3. The van der Waals surface area contributed by atoms with E-state index in [-0.39, 0.29) is 0 Å². The molecule has 86 valence electrons. The van der Waals surface area contributed by atoms with E-state index in [2.05, 4.69) is 26.0 Å². The minimum atomic E-state index is -0.647. The van der Waals surface area contributed by atoms with Gasteiger partial charge in [0, 0.05) is 6.07 Å². The van der Waals surface area contributed by atoms with Gasteiger partial charge in [0.1, 0.15) is 18.0 Å². The van der Waals surface area contributed by atoms with E-state index in [1.807, 2.05) is 13.8 Å². The van der Waals surface area contributed by atoms with Crippen LogP contribution in [0.25, 0.3) is 5.69 Å². The number of aromatic nitrogens is 3. The first-order valence-corrected chi connectivity index (χ1v) is 5.48. The average Bonchev–Trinajstić information content (AvgIpc) is 2.66. The highest BCUT2D eigenvalue weighted by atomic mass is 79.9. The molecule has 1 aromatic heterocycles. The Morgan fingerprint density at radius 3 is 2.12 bits per heavy atom. The SMILES string of the molecule is CC.Fc1cc(F)cc(-n2cnc(Br)n2)c1. The van der Waals surface area contributed by atoms with E-state index in [0.717, 1.165) is 6.07 Å². The Hall–Kier alpha value is -1.30. The van der Waals surface area contributed by atoms with Gasteiger partial charge in [0.2, 0.25) is 4.73 Å². The van der Waals surface area contributed by atoms with Crippen molar-refractivity contribution >= 4 is 15.9 Å². The number of hydrogen-bond acceptors (Lipinski definition) is 2. The third-order valence-corrected chi connectivity index (χ3v) is 1.94. The molecule has 2 aromatic rings. The Balaban J connectivity index is 0.000000606. The summed E-state index contributed by atoms with van der Waals surface area (Å²) in [7, 11) is 0. The van der Waals surface area contributed by atoms with Crippen molar-refractivity contribution in [3.8, 4) is 5.69 Å². The molecule has 3 nitrogen and oxygen atoms in total. The lowest BCUT2D eigenvalue weighted by Gasteiger charge is -1.99. The molecule has 0 N–H and O–H groups in total. The van der Waals surface area contributed by atoms with Gasteiger partial charge in [-0.1, -0.05) is 13.8 Å². The normalized spacial score (nSPS) is 9.56. The lowest BCUT2D eigenvalue weighted by Crippen LogP contribution is -1.96. The Kier molecular flexibility index (Phi) is 4.54. The maximum atomic E-state index is 12.8. The zero-order valence-corrected chi connectivity index (χ0v) is 10.4. The maximum absolute atomic E-state index is 12.8. The van der Waals surface area contributed by atoms with Gasteiger partial charge in [-0.15, -0.1) is 5.10 Å². The lowest BCUT2D eigenvalue weighted by atomic mass is 10.3. The predicted molar refractivity (Wildman–Crippen MR) is 60.3 cm³/mol. The molecular weight excluding hydrogens is 280 g/mol. The van der Waals surface area contributed by atoms with E-state index in [0.29, 0.717) is 10.4 Å². The number of rotatable bonds is 1. The van der Waals surface area contributed by atoms with Crippen molar-refractivity contribution in [2.75, 3.05) is 0 Å². The van der Waals surface area contributed by atoms with Crippen LogP contribution in [0.5, 0.6) is 0 Å². The molecule has 0 spiro atoms. The topological polar surface area (TPSA) is 30.7 Å². The van der Waals surface area contributed by atoms with Gasteiger partial charge in [-0.3, -0.25) is 0 Å². The van der Waals surface area contributed by atoms with Crippen LogP contribution in [0, 0.1) is 11.6 Å². The smallest absolute Gasteiger partial charge is 0.217 e. The van der Waals surface area contributed by atoms with Crippen molar-refractivity contribution in [3.05, 3.63) is 40.9 Å². The summed E-state index contributed by atoms with van der Waals surface area (Å²) in [5.41, 5.74) is 0.292. The summed E-state index contributed by atoms with van der Waals surface area (Å²) >= 11 is 3.04. The summed E-state index contributed by atoms with van der Waals surface area (Å²) in [6.45, 7) is 4.00. The molecule has 0 saturated carbocycles. The second kappa shape index (κ2) is 5.69. The molecule has 0 atom stereocenters. The number of benzene rings is 1. The second-order valence-corrected chi connectivity index (χ2v) is 3.30. The van der Waals surface area contributed by atoms with Crippen LogP contribution >= 0.6 is 15.9 Å². The van der Waals surface area contributed by atoms with E-state index >= 15 is 0 Å². The molecule has 0 unspecified atom stereocenters. The third-order valence-electron chi connectivity index (χ3n) is 1.58. The quantitative estimate of drug-likeness (QED) is 0.806. The molecule has 6 heteroatoms. The summed E-state index contributed by atoms with van der Waals surface area (Å²) in [5, 5.41) is 3.85. The molecule has 16 heavy (non-hydrogen) atoms. The van der Waals surface area contributed by atoms with E-state index in [4.69, 9.17) is 0 Å².